The summed E-state index contributed by atoms with van der Waals surface area (Å²) in [7, 11) is 0. The van der Waals surface area contributed by atoms with E-state index in [-0.39, 0.29) is 0 Å². The Labute approximate surface area is 89.9 Å². The third kappa shape index (κ3) is 4.45. The molecule has 0 aromatic rings. The molecule has 2 atom stereocenters. The fourth-order valence-corrected chi connectivity index (χ4v) is 2.31. The maximum Gasteiger partial charge on any atom is 0.0433 e. The van der Waals surface area contributed by atoms with Crippen LogP contribution in [0.15, 0.2) is 0 Å². The zero-order valence-corrected chi connectivity index (χ0v) is 10.8. The zero-order chi connectivity index (χ0) is 11.4. The van der Waals surface area contributed by atoms with Gasteiger partial charge in [-0.3, -0.25) is 0 Å². The van der Waals surface area contributed by atoms with Crippen LogP contribution < -0.4 is 0 Å². The number of aliphatic hydroxyl groups excluding tert-OH is 1. The largest absolute Gasteiger partial charge is 0.396 e. The predicted molar refractivity (Wildman–Crippen MR) is 63.3 cm³/mol. The molecule has 0 bridgehead atoms. The van der Waals surface area contributed by atoms with Crippen molar-refractivity contribution < 1.29 is 5.11 Å². The molecule has 0 aliphatic carbocycles. The van der Waals surface area contributed by atoms with Crippen molar-refractivity contribution in [3.8, 4) is 0 Å². The number of hydrogen-bond acceptors (Lipinski definition) is 1. The van der Waals surface area contributed by atoms with Gasteiger partial charge in [0.2, 0.25) is 0 Å². The molecule has 0 aliphatic heterocycles. The van der Waals surface area contributed by atoms with Crippen LogP contribution in [0.1, 0.15) is 54.4 Å². The van der Waals surface area contributed by atoms with E-state index in [1.165, 1.54) is 6.42 Å². The van der Waals surface area contributed by atoms with Gasteiger partial charge in [0.15, 0.2) is 0 Å². The number of rotatable bonds is 6. The molecule has 1 heteroatoms. The number of aliphatic hydroxyl groups is 1. The quantitative estimate of drug-likeness (QED) is 0.693. The molecule has 14 heavy (non-hydrogen) atoms. The summed E-state index contributed by atoms with van der Waals surface area (Å²) in [4.78, 5) is 0. The average Bonchev–Trinajstić information content (AvgIpc) is 2.02. The highest BCUT2D eigenvalue weighted by Gasteiger charge is 2.29. The summed E-state index contributed by atoms with van der Waals surface area (Å²) in [5, 5.41) is 8.88. The first-order valence-electron chi connectivity index (χ1n) is 5.92. The van der Waals surface area contributed by atoms with Crippen molar-refractivity contribution in [2.75, 3.05) is 6.61 Å². The van der Waals surface area contributed by atoms with E-state index in [1.54, 1.807) is 0 Å². The summed E-state index contributed by atoms with van der Waals surface area (Å²) in [6, 6.07) is 0. The van der Waals surface area contributed by atoms with Gasteiger partial charge in [0.05, 0.1) is 0 Å². The summed E-state index contributed by atoms with van der Waals surface area (Å²) in [6.07, 6.45) is 2.15. The molecule has 2 unspecified atom stereocenters. The average molecular weight is 200 g/mol. The van der Waals surface area contributed by atoms with Crippen LogP contribution in [-0.2, 0) is 0 Å². The third-order valence-corrected chi connectivity index (χ3v) is 3.73. The fourth-order valence-electron chi connectivity index (χ4n) is 2.31. The smallest absolute Gasteiger partial charge is 0.0433 e. The molecule has 0 radical (unpaired) electrons. The van der Waals surface area contributed by atoms with Crippen molar-refractivity contribution in [2.45, 2.75) is 54.4 Å². The van der Waals surface area contributed by atoms with E-state index in [1.807, 2.05) is 0 Å². The van der Waals surface area contributed by atoms with E-state index in [2.05, 4.69) is 41.5 Å². The molecule has 0 saturated heterocycles. The van der Waals surface area contributed by atoms with Crippen molar-refractivity contribution >= 4 is 0 Å². The lowest BCUT2D eigenvalue weighted by atomic mass is 9.69. The molecule has 0 heterocycles. The van der Waals surface area contributed by atoms with Crippen LogP contribution in [0.3, 0.4) is 0 Å². The Bertz CT molecular complexity index is 149. The van der Waals surface area contributed by atoms with Gasteiger partial charge in [-0.05, 0) is 36.0 Å². The highest BCUT2D eigenvalue weighted by molar-refractivity contribution is 4.79. The van der Waals surface area contributed by atoms with Gasteiger partial charge in [0.25, 0.3) is 0 Å². The Morgan fingerprint density at radius 3 is 1.93 bits per heavy atom. The first kappa shape index (κ1) is 14.0. The second-order valence-electron chi connectivity index (χ2n) is 5.84. The standard InChI is InChI=1S/C13H28O/c1-10(2)12(4)13(5,6)9-11(3)7-8-14/h10-12,14H,7-9H2,1-6H3. The molecule has 0 aromatic heterocycles. The van der Waals surface area contributed by atoms with E-state index in [9.17, 15) is 0 Å². The SMILES string of the molecule is CC(CCO)CC(C)(C)C(C)C(C)C. The van der Waals surface area contributed by atoms with Crippen LogP contribution in [0.5, 0.6) is 0 Å². The molecule has 0 rings (SSSR count). The normalized spacial score (nSPS) is 17.1. The zero-order valence-electron chi connectivity index (χ0n) is 10.8. The fraction of sp³-hybridized carbons (Fsp3) is 1.00. The first-order valence-corrected chi connectivity index (χ1v) is 5.92. The van der Waals surface area contributed by atoms with Crippen LogP contribution in [0.4, 0.5) is 0 Å². The molecule has 0 aromatic carbocycles. The lowest BCUT2D eigenvalue weighted by molar-refractivity contribution is 0.127. The van der Waals surface area contributed by atoms with Crippen LogP contribution in [0.25, 0.3) is 0 Å². The van der Waals surface area contributed by atoms with Crippen LogP contribution in [-0.4, -0.2) is 11.7 Å². The highest BCUT2D eigenvalue weighted by atomic mass is 16.3. The van der Waals surface area contributed by atoms with Crippen molar-refractivity contribution in [3.63, 3.8) is 0 Å². The Kier molecular flexibility index (Phi) is 5.73. The second kappa shape index (κ2) is 5.75. The van der Waals surface area contributed by atoms with Gasteiger partial charge in [-0.2, -0.15) is 0 Å². The lowest BCUT2D eigenvalue weighted by Crippen LogP contribution is -2.28. The summed E-state index contributed by atoms with van der Waals surface area (Å²) in [5.41, 5.74) is 0.392. The van der Waals surface area contributed by atoms with Crippen molar-refractivity contribution in [2.24, 2.45) is 23.2 Å². The molecule has 0 spiro atoms. The molecule has 0 amide bonds. The summed E-state index contributed by atoms with van der Waals surface area (Å²) < 4.78 is 0. The maximum atomic E-state index is 8.88. The number of hydrogen-bond donors (Lipinski definition) is 1. The van der Waals surface area contributed by atoms with Gasteiger partial charge >= 0.3 is 0 Å². The summed E-state index contributed by atoms with van der Waals surface area (Å²) in [5.74, 6) is 2.12. The Morgan fingerprint density at radius 2 is 1.57 bits per heavy atom. The van der Waals surface area contributed by atoms with Gasteiger partial charge in [-0.15, -0.1) is 0 Å². The lowest BCUT2D eigenvalue weighted by Gasteiger charge is -2.36. The van der Waals surface area contributed by atoms with Crippen LogP contribution in [0.2, 0.25) is 0 Å². The minimum absolute atomic E-state index is 0.327. The van der Waals surface area contributed by atoms with E-state index < -0.39 is 0 Å². The van der Waals surface area contributed by atoms with Crippen LogP contribution >= 0.6 is 0 Å². The minimum atomic E-state index is 0.327. The van der Waals surface area contributed by atoms with E-state index in [0.717, 1.165) is 18.3 Å². The molecule has 1 nitrogen and oxygen atoms in total. The molecular formula is C13H28O. The Balaban J connectivity index is 4.17. The molecule has 0 fully saturated rings. The second-order valence-corrected chi connectivity index (χ2v) is 5.84. The summed E-state index contributed by atoms with van der Waals surface area (Å²) >= 11 is 0. The molecule has 0 aliphatic rings. The highest BCUT2D eigenvalue weighted by Crippen LogP contribution is 2.38. The minimum Gasteiger partial charge on any atom is -0.396 e. The van der Waals surface area contributed by atoms with Gasteiger partial charge in [0.1, 0.15) is 0 Å². The van der Waals surface area contributed by atoms with E-state index in [0.29, 0.717) is 17.9 Å². The van der Waals surface area contributed by atoms with Crippen LogP contribution in [0, 0.1) is 23.2 Å². The predicted octanol–water partition coefficient (Wildman–Crippen LogP) is 3.71. The summed E-state index contributed by atoms with van der Waals surface area (Å²) in [6.45, 7) is 14.2. The van der Waals surface area contributed by atoms with Crippen molar-refractivity contribution in [3.05, 3.63) is 0 Å². The Hall–Kier alpha value is -0.0400. The van der Waals surface area contributed by atoms with Gasteiger partial charge in [0, 0.05) is 6.61 Å². The molecule has 1 N–H and O–H groups in total. The van der Waals surface area contributed by atoms with Crippen molar-refractivity contribution in [1.82, 2.24) is 0 Å². The monoisotopic (exact) mass is 200 g/mol. The van der Waals surface area contributed by atoms with Gasteiger partial charge < -0.3 is 5.11 Å². The molecule has 0 saturated carbocycles. The van der Waals surface area contributed by atoms with Crippen molar-refractivity contribution in [1.29, 1.82) is 0 Å². The van der Waals surface area contributed by atoms with E-state index >= 15 is 0 Å². The van der Waals surface area contributed by atoms with E-state index in [4.69, 9.17) is 5.11 Å². The first-order chi connectivity index (χ1) is 6.31. The maximum absolute atomic E-state index is 8.88. The molecular weight excluding hydrogens is 172 g/mol. The third-order valence-electron chi connectivity index (χ3n) is 3.73. The molecule has 86 valence electrons. The van der Waals surface area contributed by atoms with Gasteiger partial charge in [-0.25, -0.2) is 0 Å². The topological polar surface area (TPSA) is 20.2 Å². The Morgan fingerprint density at radius 1 is 1.07 bits per heavy atom. The van der Waals surface area contributed by atoms with Gasteiger partial charge in [-0.1, -0.05) is 41.5 Å².